The lowest BCUT2D eigenvalue weighted by molar-refractivity contribution is -0.123. The first kappa shape index (κ1) is 31.2. The molecule has 9 nitrogen and oxygen atoms in total. The summed E-state index contributed by atoms with van der Waals surface area (Å²) >= 11 is 0. The Hall–Kier alpha value is -4.21. The number of ether oxygens (including phenoxy) is 1. The summed E-state index contributed by atoms with van der Waals surface area (Å²) in [5, 5.41) is 3.03. The van der Waals surface area contributed by atoms with Gasteiger partial charge in [0.25, 0.3) is 5.91 Å². The van der Waals surface area contributed by atoms with Gasteiger partial charge in [-0.25, -0.2) is 4.79 Å². The zero-order chi connectivity index (χ0) is 30.9. The number of carbonyl (C=O) groups excluding carboxylic acids is 3. The van der Waals surface area contributed by atoms with E-state index in [0.29, 0.717) is 17.9 Å². The van der Waals surface area contributed by atoms with Crippen molar-refractivity contribution in [2.24, 2.45) is 11.7 Å². The fourth-order valence-corrected chi connectivity index (χ4v) is 6.01. The van der Waals surface area contributed by atoms with E-state index in [0.717, 1.165) is 81.6 Å². The number of primary amides is 1. The highest BCUT2D eigenvalue weighted by Gasteiger charge is 2.24. The van der Waals surface area contributed by atoms with Crippen LogP contribution in [0.4, 0.5) is 4.79 Å². The number of carbonyl (C=O) groups is 3. The van der Waals surface area contributed by atoms with Crippen LogP contribution in [0.25, 0.3) is 11.1 Å². The summed E-state index contributed by atoms with van der Waals surface area (Å²) in [5.41, 5.74) is 9.16. The van der Waals surface area contributed by atoms with Crippen LogP contribution in [0.1, 0.15) is 41.6 Å². The summed E-state index contributed by atoms with van der Waals surface area (Å²) in [4.78, 5) is 43.6. The predicted molar refractivity (Wildman–Crippen MR) is 171 cm³/mol. The van der Waals surface area contributed by atoms with E-state index in [1.807, 2.05) is 85.9 Å². The Morgan fingerprint density at radius 3 is 2.16 bits per heavy atom. The van der Waals surface area contributed by atoms with E-state index in [1.165, 1.54) is 0 Å². The molecule has 9 heteroatoms. The third-order valence-electron chi connectivity index (χ3n) is 8.78. The van der Waals surface area contributed by atoms with Crippen molar-refractivity contribution < 1.29 is 19.1 Å². The van der Waals surface area contributed by atoms with Gasteiger partial charge < -0.3 is 25.6 Å². The van der Waals surface area contributed by atoms with E-state index in [9.17, 15) is 14.4 Å². The highest BCUT2D eigenvalue weighted by Crippen LogP contribution is 2.29. The molecule has 2 heterocycles. The quantitative estimate of drug-likeness (QED) is 0.359. The third kappa shape index (κ3) is 8.45. The van der Waals surface area contributed by atoms with Crippen LogP contribution in [0.2, 0.25) is 0 Å². The van der Waals surface area contributed by atoms with Gasteiger partial charge in [-0.15, -0.1) is 0 Å². The van der Waals surface area contributed by atoms with E-state index >= 15 is 0 Å². The van der Waals surface area contributed by atoms with Gasteiger partial charge in [0.1, 0.15) is 5.75 Å². The molecule has 44 heavy (non-hydrogen) atoms. The van der Waals surface area contributed by atoms with Gasteiger partial charge in [0, 0.05) is 62.9 Å². The number of hydrogen-bond donors (Lipinski definition) is 2. The molecule has 2 aliphatic rings. The first-order valence-corrected chi connectivity index (χ1v) is 15.6. The maximum atomic E-state index is 13.0. The lowest BCUT2D eigenvalue weighted by atomic mass is 9.96. The topological polar surface area (TPSA) is 108 Å². The van der Waals surface area contributed by atoms with E-state index < -0.39 is 6.09 Å². The highest BCUT2D eigenvalue weighted by molar-refractivity contribution is 5.94. The number of nitrogens with two attached hydrogens (primary N) is 1. The third-order valence-corrected chi connectivity index (χ3v) is 8.78. The zero-order valence-electron chi connectivity index (χ0n) is 25.5. The molecule has 5 rings (SSSR count). The molecule has 3 amide bonds. The number of benzene rings is 3. The number of nitrogens with zero attached hydrogens (tertiary/aromatic N) is 3. The molecule has 0 radical (unpaired) electrons. The van der Waals surface area contributed by atoms with Crippen molar-refractivity contribution in [3.8, 4) is 16.9 Å². The largest absolute Gasteiger partial charge is 0.412 e. The van der Waals surface area contributed by atoms with Crippen molar-refractivity contribution in [2.75, 3.05) is 46.3 Å². The summed E-state index contributed by atoms with van der Waals surface area (Å²) in [6, 6.07) is 25.3. The molecule has 2 saturated heterocycles. The normalized spacial score (nSPS) is 16.8. The van der Waals surface area contributed by atoms with Gasteiger partial charge in [0.15, 0.2) is 0 Å². The number of piperidine rings is 2. The maximum Gasteiger partial charge on any atom is 0.412 e. The van der Waals surface area contributed by atoms with Gasteiger partial charge in [0.05, 0.1) is 0 Å². The van der Waals surface area contributed by atoms with Gasteiger partial charge in [-0.1, -0.05) is 60.7 Å². The minimum absolute atomic E-state index is 0.00824. The number of rotatable bonds is 10. The second kappa shape index (κ2) is 15.0. The van der Waals surface area contributed by atoms with Gasteiger partial charge in [-0.3, -0.25) is 14.5 Å². The van der Waals surface area contributed by atoms with Crippen LogP contribution in [0.5, 0.6) is 5.75 Å². The fraction of sp³-hybridized carbons (Fsp3) is 0.400. The van der Waals surface area contributed by atoms with Gasteiger partial charge >= 0.3 is 6.09 Å². The van der Waals surface area contributed by atoms with Crippen LogP contribution >= 0.6 is 0 Å². The smallest absolute Gasteiger partial charge is 0.410 e. The molecule has 232 valence electrons. The number of nitrogens with one attached hydrogen (secondary N) is 1. The minimum atomic E-state index is -0.434. The number of para-hydroxylation sites is 1. The molecule has 2 aliphatic heterocycles. The molecular formula is C35H43N5O4. The number of likely N-dealkylation sites (tertiary alicyclic amines) is 2. The molecule has 2 fully saturated rings. The van der Waals surface area contributed by atoms with Crippen molar-refractivity contribution in [1.29, 1.82) is 0 Å². The zero-order valence-corrected chi connectivity index (χ0v) is 25.5. The molecule has 0 spiro atoms. The molecule has 0 aliphatic carbocycles. The van der Waals surface area contributed by atoms with Gasteiger partial charge in [0.2, 0.25) is 5.91 Å². The molecule has 3 N–H and O–H groups in total. The Balaban J connectivity index is 1.01. The highest BCUT2D eigenvalue weighted by atomic mass is 16.6. The summed E-state index contributed by atoms with van der Waals surface area (Å²) in [6.07, 6.45) is 2.84. The number of amides is 3. The Morgan fingerprint density at radius 1 is 0.841 bits per heavy atom. The van der Waals surface area contributed by atoms with Crippen LogP contribution in [0, 0.1) is 5.92 Å². The SMILES string of the molecule is CN(CCN1CCC(NC(=O)Oc2ccccc2-c2ccccc2)CC1)C(=O)c1ccc(CN2CCC(C(N)=O)CC2)cc1. The molecule has 3 aromatic rings. The number of hydrogen-bond acceptors (Lipinski definition) is 6. The van der Waals surface area contributed by atoms with Crippen LogP contribution < -0.4 is 15.8 Å². The minimum Gasteiger partial charge on any atom is -0.410 e. The standard InChI is InChI=1S/C35H43N5O4/c1-38(34(42)29-13-11-26(12-14-29)25-40-19-15-28(16-20-40)33(36)41)23-24-39-21-17-30(18-22-39)37-35(43)44-32-10-6-5-9-31(32)27-7-3-2-4-8-27/h2-14,28,30H,15-25H2,1H3,(H2,36,41)(H,37,43). The van der Waals surface area contributed by atoms with Crippen LogP contribution in [0.3, 0.4) is 0 Å². The molecular weight excluding hydrogens is 554 g/mol. The Morgan fingerprint density at radius 2 is 1.48 bits per heavy atom. The van der Waals surface area contributed by atoms with Crippen LogP contribution in [-0.4, -0.2) is 85.0 Å². The fourth-order valence-electron chi connectivity index (χ4n) is 6.01. The van der Waals surface area contributed by atoms with E-state index in [-0.39, 0.29) is 23.8 Å². The van der Waals surface area contributed by atoms with Crippen LogP contribution in [-0.2, 0) is 11.3 Å². The Bertz CT molecular complexity index is 1400. The molecule has 0 atom stereocenters. The molecule has 0 unspecified atom stereocenters. The Kier molecular flexibility index (Phi) is 10.6. The summed E-state index contributed by atoms with van der Waals surface area (Å²) in [7, 11) is 1.84. The first-order valence-electron chi connectivity index (χ1n) is 15.6. The maximum absolute atomic E-state index is 13.0. The van der Waals surface area contributed by atoms with E-state index in [1.54, 1.807) is 4.90 Å². The van der Waals surface area contributed by atoms with Crippen LogP contribution in [0.15, 0.2) is 78.9 Å². The average Bonchev–Trinajstić information content (AvgIpc) is 3.05. The predicted octanol–water partition coefficient (Wildman–Crippen LogP) is 4.38. The van der Waals surface area contributed by atoms with Crippen molar-refractivity contribution >= 4 is 17.9 Å². The summed E-state index contributed by atoms with van der Waals surface area (Å²) in [6.45, 7) is 5.63. The van der Waals surface area contributed by atoms with Gasteiger partial charge in [-0.2, -0.15) is 0 Å². The van der Waals surface area contributed by atoms with E-state index in [4.69, 9.17) is 10.5 Å². The van der Waals surface area contributed by atoms with Crippen molar-refractivity contribution in [3.05, 3.63) is 90.0 Å². The number of likely N-dealkylation sites (N-methyl/N-ethyl adjacent to an activating group) is 1. The molecule has 3 aromatic carbocycles. The molecule has 0 saturated carbocycles. The average molecular weight is 598 g/mol. The van der Waals surface area contributed by atoms with Crippen molar-refractivity contribution in [1.82, 2.24) is 20.0 Å². The van der Waals surface area contributed by atoms with E-state index in [2.05, 4.69) is 15.1 Å². The lowest BCUT2D eigenvalue weighted by Gasteiger charge is -2.33. The van der Waals surface area contributed by atoms with Crippen molar-refractivity contribution in [3.63, 3.8) is 0 Å². The molecule has 0 aromatic heterocycles. The monoisotopic (exact) mass is 597 g/mol. The lowest BCUT2D eigenvalue weighted by Crippen LogP contribution is -2.47. The van der Waals surface area contributed by atoms with Crippen molar-refractivity contribution in [2.45, 2.75) is 38.3 Å². The molecule has 0 bridgehead atoms. The summed E-state index contributed by atoms with van der Waals surface area (Å²) in [5.74, 6) is 0.339. The summed E-state index contributed by atoms with van der Waals surface area (Å²) < 4.78 is 5.71. The first-order chi connectivity index (χ1) is 21.4. The van der Waals surface area contributed by atoms with Gasteiger partial charge in [-0.05, 0) is 68.1 Å². The second-order valence-electron chi connectivity index (χ2n) is 11.9. The Labute approximate surface area is 260 Å². The second-order valence-corrected chi connectivity index (χ2v) is 11.9.